The van der Waals surface area contributed by atoms with Gasteiger partial charge in [-0.3, -0.25) is 0 Å². The minimum Gasteiger partial charge on any atom is -0.211 e. The van der Waals surface area contributed by atoms with Crippen molar-refractivity contribution in [2.45, 2.75) is 46.1 Å². The van der Waals surface area contributed by atoms with Crippen LogP contribution in [-0.2, 0) is 4.79 Å². The van der Waals surface area contributed by atoms with Crippen LogP contribution in [0.25, 0.3) is 0 Å². The fourth-order valence-electron chi connectivity index (χ4n) is 3.22. The van der Waals surface area contributed by atoms with Crippen molar-refractivity contribution in [1.82, 2.24) is 0 Å². The van der Waals surface area contributed by atoms with E-state index in [4.69, 9.17) is 0 Å². The van der Waals surface area contributed by atoms with Crippen LogP contribution in [0.4, 0.5) is 0 Å². The molecule has 2 rings (SSSR count). The summed E-state index contributed by atoms with van der Waals surface area (Å²) in [6, 6.07) is 0. The summed E-state index contributed by atoms with van der Waals surface area (Å²) >= 11 is 0. The number of isocyanates is 1. The molecule has 0 aromatic rings. The number of rotatable bonds is 2. The molecule has 72 valence electrons. The van der Waals surface area contributed by atoms with Gasteiger partial charge in [0.15, 0.2) is 0 Å². The Kier molecular flexibility index (Phi) is 1.42. The van der Waals surface area contributed by atoms with Gasteiger partial charge in [-0.1, -0.05) is 27.7 Å². The van der Waals surface area contributed by atoms with E-state index in [0.29, 0.717) is 16.7 Å². The Morgan fingerprint density at radius 3 is 1.85 bits per heavy atom. The monoisotopic (exact) mass is 179 g/mol. The molecular formula is C11H17NO. The van der Waals surface area contributed by atoms with Gasteiger partial charge in [-0.05, 0) is 29.6 Å². The van der Waals surface area contributed by atoms with Crippen molar-refractivity contribution in [3.05, 3.63) is 0 Å². The number of carbonyl (C=O) groups excluding carboxylic acids is 1. The van der Waals surface area contributed by atoms with Gasteiger partial charge in [-0.25, -0.2) is 4.79 Å². The molecule has 0 aliphatic heterocycles. The van der Waals surface area contributed by atoms with Crippen LogP contribution in [0.5, 0.6) is 0 Å². The molecule has 0 heterocycles. The second-order valence-electron chi connectivity index (χ2n) is 5.68. The Balaban J connectivity index is 2.27. The van der Waals surface area contributed by atoms with Crippen LogP contribution in [0, 0.1) is 16.7 Å². The minimum absolute atomic E-state index is 0.0191. The lowest BCUT2D eigenvalue weighted by Crippen LogP contribution is -2.13. The van der Waals surface area contributed by atoms with Crippen molar-refractivity contribution in [3.63, 3.8) is 0 Å². The first-order valence-corrected chi connectivity index (χ1v) is 4.97. The zero-order valence-electron chi connectivity index (χ0n) is 8.85. The van der Waals surface area contributed by atoms with Crippen molar-refractivity contribution in [2.24, 2.45) is 21.7 Å². The summed E-state index contributed by atoms with van der Waals surface area (Å²) in [5.41, 5.74) is 0.655. The summed E-state index contributed by atoms with van der Waals surface area (Å²) < 4.78 is 0. The van der Waals surface area contributed by atoms with Crippen LogP contribution in [0.3, 0.4) is 0 Å². The lowest BCUT2D eigenvalue weighted by atomic mass is 10.0. The van der Waals surface area contributed by atoms with Crippen molar-refractivity contribution < 1.29 is 4.79 Å². The molecule has 0 aromatic heterocycles. The van der Waals surface area contributed by atoms with E-state index in [1.807, 2.05) is 0 Å². The second kappa shape index (κ2) is 2.06. The van der Waals surface area contributed by atoms with Crippen molar-refractivity contribution >= 4 is 6.08 Å². The molecule has 0 amide bonds. The van der Waals surface area contributed by atoms with Crippen LogP contribution in [0.15, 0.2) is 4.99 Å². The number of hydrogen-bond donors (Lipinski definition) is 0. The predicted octanol–water partition coefficient (Wildman–Crippen LogP) is 2.54. The van der Waals surface area contributed by atoms with Crippen LogP contribution in [0.2, 0.25) is 0 Å². The highest BCUT2D eigenvalue weighted by molar-refractivity contribution is 5.39. The van der Waals surface area contributed by atoms with Crippen LogP contribution in [0.1, 0.15) is 40.5 Å². The van der Waals surface area contributed by atoms with Gasteiger partial charge in [0.05, 0.1) is 5.54 Å². The molecule has 0 saturated heterocycles. The SMILES string of the molecule is CC1(C)C(C2(N=C=O)CC2)C1(C)C. The Bertz CT molecular complexity index is 279. The van der Waals surface area contributed by atoms with E-state index in [2.05, 4.69) is 32.7 Å². The van der Waals surface area contributed by atoms with Gasteiger partial charge in [0.2, 0.25) is 6.08 Å². The largest absolute Gasteiger partial charge is 0.235 e. The molecule has 2 aliphatic carbocycles. The molecular weight excluding hydrogens is 162 g/mol. The minimum atomic E-state index is -0.0191. The Hall–Kier alpha value is -0.620. The Morgan fingerprint density at radius 1 is 1.15 bits per heavy atom. The topological polar surface area (TPSA) is 29.4 Å². The maximum atomic E-state index is 10.3. The highest BCUT2D eigenvalue weighted by Crippen LogP contribution is 2.77. The van der Waals surface area contributed by atoms with Crippen molar-refractivity contribution in [3.8, 4) is 0 Å². The third-order valence-electron chi connectivity index (χ3n) is 4.59. The first-order chi connectivity index (χ1) is 5.88. The Labute approximate surface area is 79.4 Å². The third kappa shape index (κ3) is 0.899. The molecule has 2 fully saturated rings. The first-order valence-electron chi connectivity index (χ1n) is 4.97. The lowest BCUT2D eigenvalue weighted by molar-refractivity contribution is 0.457. The summed E-state index contributed by atoms with van der Waals surface area (Å²) in [7, 11) is 0. The van der Waals surface area contributed by atoms with Gasteiger partial charge in [0, 0.05) is 0 Å². The summed E-state index contributed by atoms with van der Waals surface area (Å²) in [5, 5.41) is 0. The Morgan fingerprint density at radius 2 is 1.62 bits per heavy atom. The second-order valence-corrected chi connectivity index (χ2v) is 5.68. The first kappa shape index (κ1) is 8.96. The van der Waals surface area contributed by atoms with E-state index in [-0.39, 0.29) is 5.54 Å². The molecule has 2 heteroatoms. The lowest BCUT2D eigenvalue weighted by Gasteiger charge is -2.08. The maximum absolute atomic E-state index is 10.3. The van der Waals surface area contributed by atoms with Gasteiger partial charge in [-0.2, -0.15) is 4.99 Å². The molecule has 2 nitrogen and oxygen atoms in total. The van der Waals surface area contributed by atoms with Gasteiger partial charge >= 0.3 is 0 Å². The number of hydrogen-bond acceptors (Lipinski definition) is 2. The zero-order chi connectivity index (χ0) is 9.91. The molecule has 0 spiro atoms. The molecule has 0 atom stereocenters. The molecule has 0 bridgehead atoms. The van der Waals surface area contributed by atoms with Gasteiger partial charge in [0.1, 0.15) is 0 Å². The molecule has 0 unspecified atom stereocenters. The fourth-order valence-corrected chi connectivity index (χ4v) is 3.22. The zero-order valence-corrected chi connectivity index (χ0v) is 8.85. The summed E-state index contributed by atoms with van der Waals surface area (Å²) in [6.07, 6.45) is 3.91. The standard InChI is InChI=1S/C11H17NO/c1-9(2)8(10(9,3)4)11(5-6-11)12-7-13/h8H,5-6H2,1-4H3. The normalized spacial score (nSPS) is 32.0. The van der Waals surface area contributed by atoms with Crippen LogP contribution < -0.4 is 0 Å². The van der Waals surface area contributed by atoms with Crippen molar-refractivity contribution in [2.75, 3.05) is 0 Å². The molecule has 0 aromatic carbocycles. The number of aliphatic imine (C=N–C) groups is 1. The van der Waals surface area contributed by atoms with Gasteiger partial charge in [-0.15, -0.1) is 0 Å². The maximum Gasteiger partial charge on any atom is 0.235 e. The fraction of sp³-hybridized carbons (Fsp3) is 0.909. The molecule has 2 aliphatic rings. The van der Waals surface area contributed by atoms with E-state index in [1.165, 1.54) is 0 Å². The average Bonchev–Trinajstić information content (AvgIpc) is 2.76. The molecule has 13 heavy (non-hydrogen) atoms. The van der Waals surface area contributed by atoms with Crippen LogP contribution >= 0.6 is 0 Å². The van der Waals surface area contributed by atoms with E-state index >= 15 is 0 Å². The van der Waals surface area contributed by atoms with E-state index in [1.54, 1.807) is 6.08 Å². The van der Waals surface area contributed by atoms with E-state index in [0.717, 1.165) is 12.8 Å². The summed E-state index contributed by atoms with van der Waals surface area (Å²) in [5.74, 6) is 0.578. The molecule has 0 N–H and O–H groups in total. The summed E-state index contributed by atoms with van der Waals surface area (Å²) in [4.78, 5) is 14.3. The van der Waals surface area contributed by atoms with E-state index in [9.17, 15) is 4.79 Å². The van der Waals surface area contributed by atoms with Gasteiger partial charge < -0.3 is 0 Å². The smallest absolute Gasteiger partial charge is 0.211 e. The highest BCUT2D eigenvalue weighted by atomic mass is 16.1. The average molecular weight is 179 g/mol. The van der Waals surface area contributed by atoms with E-state index < -0.39 is 0 Å². The van der Waals surface area contributed by atoms with Crippen molar-refractivity contribution in [1.29, 1.82) is 0 Å². The predicted molar refractivity (Wildman–Crippen MR) is 51.1 cm³/mol. The quantitative estimate of drug-likeness (QED) is 0.473. The number of nitrogens with zero attached hydrogens (tertiary/aromatic N) is 1. The highest BCUT2D eigenvalue weighted by Gasteiger charge is 2.75. The third-order valence-corrected chi connectivity index (χ3v) is 4.59. The summed E-state index contributed by atoms with van der Waals surface area (Å²) in [6.45, 7) is 9.10. The van der Waals surface area contributed by atoms with Crippen LogP contribution in [-0.4, -0.2) is 11.6 Å². The van der Waals surface area contributed by atoms with Gasteiger partial charge in [0.25, 0.3) is 0 Å². The molecule has 2 saturated carbocycles. The molecule has 0 radical (unpaired) electrons.